The maximum Gasteiger partial charge on any atom is 0.338 e. The summed E-state index contributed by atoms with van der Waals surface area (Å²) >= 11 is 7.37. The molecule has 2 fully saturated rings. The molecule has 0 saturated carbocycles. The van der Waals surface area contributed by atoms with E-state index in [2.05, 4.69) is 15.3 Å². The van der Waals surface area contributed by atoms with Crippen molar-refractivity contribution in [2.24, 2.45) is 10.9 Å². The number of alkyl halides is 2. The van der Waals surface area contributed by atoms with Gasteiger partial charge in [0.05, 0.1) is 43.4 Å². The molecule has 0 spiro atoms. The van der Waals surface area contributed by atoms with Crippen LogP contribution in [-0.4, -0.2) is 77.6 Å². The summed E-state index contributed by atoms with van der Waals surface area (Å²) in [4.78, 5) is 34.7. The average Bonchev–Trinajstić information content (AvgIpc) is 3.45. The molecule has 1 aromatic heterocycles. The second kappa shape index (κ2) is 11.1. The molecule has 1 aromatic carbocycles. The Morgan fingerprint density at radius 1 is 1.32 bits per heavy atom. The summed E-state index contributed by atoms with van der Waals surface area (Å²) in [6.45, 7) is -0.512. The normalized spacial score (nSPS) is 26.2. The van der Waals surface area contributed by atoms with Gasteiger partial charge >= 0.3 is 11.9 Å². The number of aliphatic carboxylic acids is 1. The maximum atomic E-state index is 15.6. The van der Waals surface area contributed by atoms with E-state index in [1.807, 2.05) is 0 Å². The van der Waals surface area contributed by atoms with Crippen molar-refractivity contribution < 1.29 is 41.7 Å². The van der Waals surface area contributed by atoms with Crippen molar-refractivity contribution in [2.75, 3.05) is 26.9 Å². The number of benzene rings is 1. The second-order valence-electron chi connectivity index (χ2n) is 9.58. The number of nitrogens with zero attached hydrogens (tertiary/aromatic N) is 3. The summed E-state index contributed by atoms with van der Waals surface area (Å²) in [7, 11) is 1.12. The van der Waals surface area contributed by atoms with E-state index in [9.17, 15) is 23.5 Å². The minimum atomic E-state index is -3.41. The highest BCUT2D eigenvalue weighted by atomic mass is 35.5. The summed E-state index contributed by atoms with van der Waals surface area (Å²) in [6.07, 6.45) is 0.667. The van der Waals surface area contributed by atoms with E-state index in [4.69, 9.17) is 21.1 Å². The first kappa shape index (κ1) is 28.5. The molecule has 0 amide bonds. The SMILES string of the molecule is COC(=O)C1=C(CN2[C@H]3COC[C@@H]2C(F)(F)[C@H](CC(=O)O)C3)NC(c2nccs2)=N[C@H]1c1ccc(F)c(F)c1Cl. The number of carbonyl (C=O) groups is 2. The number of rotatable bonds is 7. The van der Waals surface area contributed by atoms with Crippen LogP contribution in [-0.2, 0) is 19.1 Å². The van der Waals surface area contributed by atoms with Crippen molar-refractivity contribution in [2.45, 2.75) is 36.9 Å². The molecule has 3 aliphatic rings. The lowest BCUT2D eigenvalue weighted by Gasteiger charge is -2.52. The predicted molar refractivity (Wildman–Crippen MR) is 135 cm³/mol. The molecule has 5 rings (SSSR count). The number of carboxylic acid groups (broad SMARTS) is 1. The van der Waals surface area contributed by atoms with Crippen LogP contribution in [0.3, 0.4) is 0 Å². The highest BCUT2D eigenvalue weighted by molar-refractivity contribution is 7.11. The summed E-state index contributed by atoms with van der Waals surface area (Å²) in [5.74, 6) is -9.38. The van der Waals surface area contributed by atoms with Crippen molar-refractivity contribution in [1.82, 2.24) is 15.2 Å². The zero-order valence-electron chi connectivity index (χ0n) is 20.9. The number of methoxy groups -OCH3 is 1. The van der Waals surface area contributed by atoms with Crippen LogP contribution in [0.4, 0.5) is 17.6 Å². The van der Waals surface area contributed by atoms with Gasteiger partial charge < -0.3 is 19.9 Å². The van der Waals surface area contributed by atoms with Crippen molar-refractivity contribution in [3.05, 3.63) is 62.2 Å². The van der Waals surface area contributed by atoms with E-state index >= 15 is 8.78 Å². The second-order valence-corrected chi connectivity index (χ2v) is 10.8. The summed E-state index contributed by atoms with van der Waals surface area (Å²) in [6, 6.07) is -1.31. The Morgan fingerprint density at radius 3 is 2.77 bits per heavy atom. The molecular weight excluding hydrogens is 580 g/mol. The third-order valence-corrected chi connectivity index (χ3v) is 8.45. The molecule has 4 atom stereocenters. The molecule has 214 valence electrons. The van der Waals surface area contributed by atoms with Gasteiger partial charge in [0.1, 0.15) is 6.04 Å². The van der Waals surface area contributed by atoms with Gasteiger partial charge in [-0.25, -0.2) is 27.3 Å². The molecule has 9 nitrogen and oxygen atoms in total. The summed E-state index contributed by atoms with van der Waals surface area (Å²) < 4.78 is 70.0. The fraction of sp³-hybridized carbons (Fsp3) is 0.440. The third-order valence-electron chi connectivity index (χ3n) is 7.29. The van der Waals surface area contributed by atoms with Crippen LogP contribution in [0.5, 0.6) is 0 Å². The van der Waals surface area contributed by atoms with Gasteiger partial charge in [-0.3, -0.25) is 14.7 Å². The van der Waals surface area contributed by atoms with Gasteiger partial charge in [-0.15, -0.1) is 11.3 Å². The molecular formula is C25H23ClF4N4O5S. The molecule has 0 unspecified atom stereocenters. The quantitative estimate of drug-likeness (QED) is 0.280. The Labute approximate surface area is 234 Å². The smallest absolute Gasteiger partial charge is 0.338 e. The first-order valence-corrected chi connectivity index (χ1v) is 13.4. The van der Waals surface area contributed by atoms with Gasteiger partial charge in [0.25, 0.3) is 5.92 Å². The molecule has 0 radical (unpaired) electrons. The Hall–Kier alpha value is -3.07. The number of hydrogen-bond acceptors (Lipinski definition) is 9. The Balaban J connectivity index is 1.61. The van der Waals surface area contributed by atoms with Crippen molar-refractivity contribution in [3.8, 4) is 0 Å². The zero-order chi connectivity index (χ0) is 28.8. The van der Waals surface area contributed by atoms with E-state index in [-0.39, 0.29) is 48.8 Å². The Morgan fingerprint density at radius 2 is 2.10 bits per heavy atom. The zero-order valence-corrected chi connectivity index (χ0v) is 22.4. The van der Waals surface area contributed by atoms with Crippen LogP contribution >= 0.6 is 22.9 Å². The molecule has 2 saturated heterocycles. The topological polar surface area (TPSA) is 113 Å². The monoisotopic (exact) mass is 602 g/mol. The number of halogens is 5. The molecule has 0 aliphatic carbocycles. The minimum Gasteiger partial charge on any atom is -0.481 e. The van der Waals surface area contributed by atoms with E-state index < -0.39 is 65.0 Å². The number of esters is 1. The van der Waals surface area contributed by atoms with E-state index in [0.29, 0.717) is 5.01 Å². The van der Waals surface area contributed by atoms with E-state index in [1.54, 1.807) is 5.38 Å². The highest BCUT2D eigenvalue weighted by Crippen LogP contribution is 2.45. The number of hydrogen-bond donors (Lipinski definition) is 2. The number of thiazole rings is 1. The summed E-state index contributed by atoms with van der Waals surface area (Å²) in [5, 5.41) is 13.7. The molecule has 3 aliphatic heterocycles. The Bertz CT molecular complexity index is 1390. The van der Waals surface area contributed by atoms with Crippen LogP contribution in [0.1, 0.15) is 29.5 Å². The van der Waals surface area contributed by atoms with Gasteiger partial charge in [-0.05, 0) is 12.5 Å². The molecule has 2 N–H and O–H groups in total. The van der Waals surface area contributed by atoms with Gasteiger partial charge in [0.2, 0.25) is 0 Å². The number of aliphatic imine (C=N–C) groups is 1. The Kier molecular flexibility index (Phi) is 7.88. The van der Waals surface area contributed by atoms with Crippen LogP contribution in [0.2, 0.25) is 5.02 Å². The average molecular weight is 603 g/mol. The van der Waals surface area contributed by atoms with Crippen LogP contribution < -0.4 is 5.32 Å². The maximum absolute atomic E-state index is 15.6. The molecule has 15 heteroatoms. The first-order chi connectivity index (χ1) is 19.0. The number of nitrogens with one attached hydrogen (secondary N) is 1. The highest BCUT2D eigenvalue weighted by Gasteiger charge is 2.58. The van der Waals surface area contributed by atoms with Gasteiger partial charge in [0.15, 0.2) is 22.5 Å². The van der Waals surface area contributed by atoms with Gasteiger partial charge in [-0.1, -0.05) is 17.7 Å². The van der Waals surface area contributed by atoms with Crippen molar-refractivity contribution in [1.29, 1.82) is 0 Å². The third kappa shape index (κ3) is 5.08. The fourth-order valence-electron chi connectivity index (χ4n) is 5.40. The number of piperidine rings is 1. The van der Waals surface area contributed by atoms with Crippen molar-refractivity contribution in [3.63, 3.8) is 0 Å². The lowest BCUT2D eigenvalue weighted by molar-refractivity contribution is -0.219. The number of amidine groups is 1. The van der Waals surface area contributed by atoms with E-state index in [1.165, 1.54) is 28.5 Å². The lowest BCUT2D eigenvalue weighted by Crippen LogP contribution is -2.67. The first-order valence-electron chi connectivity index (χ1n) is 12.1. The minimum absolute atomic E-state index is 0.0388. The van der Waals surface area contributed by atoms with Crippen LogP contribution in [0, 0.1) is 17.6 Å². The number of morpholine rings is 1. The van der Waals surface area contributed by atoms with Crippen LogP contribution in [0.15, 0.2) is 40.0 Å². The molecule has 4 heterocycles. The molecule has 40 heavy (non-hydrogen) atoms. The standard InChI is InChI=1S/C25H23ClF4N4O5S/c1-38-24(37)18-15(8-34-12-6-11(7-17(35)36)25(29,30)16(34)10-39-9-12)32-22(23-31-4-5-40-23)33-21(18)13-2-3-14(27)20(28)19(13)26/h2-5,11-12,16,21H,6-10H2,1H3,(H,32,33)(H,35,36)/t11-,12+,16+,21-/m0/s1. The number of fused-ring (bicyclic) bond motifs is 2. The van der Waals surface area contributed by atoms with Gasteiger partial charge in [-0.2, -0.15) is 0 Å². The fourth-order valence-corrected chi connectivity index (χ4v) is 6.25. The summed E-state index contributed by atoms with van der Waals surface area (Å²) in [5.41, 5.74) is -0.0454. The van der Waals surface area contributed by atoms with E-state index in [0.717, 1.165) is 13.2 Å². The number of aromatic nitrogens is 1. The predicted octanol–water partition coefficient (Wildman–Crippen LogP) is 3.79. The van der Waals surface area contributed by atoms with Gasteiger partial charge in [0, 0.05) is 41.3 Å². The van der Waals surface area contributed by atoms with Crippen LogP contribution in [0.25, 0.3) is 0 Å². The number of carbonyl (C=O) groups excluding carboxylic acids is 1. The molecule has 2 aromatic rings. The lowest BCUT2D eigenvalue weighted by atomic mass is 9.79. The molecule has 2 bridgehead atoms. The number of carboxylic acids is 1. The number of ether oxygens (including phenoxy) is 2. The van der Waals surface area contributed by atoms with Crippen molar-refractivity contribution >= 4 is 40.7 Å². The largest absolute Gasteiger partial charge is 0.481 e.